The van der Waals surface area contributed by atoms with E-state index in [1.807, 2.05) is 133 Å². The summed E-state index contributed by atoms with van der Waals surface area (Å²) in [7, 11) is 0. The van der Waals surface area contributed by atoms with Crippen LogP contribution in [-0.2, 0) is 0 Å². The van der Waals surface area contributed by atoms with Crippen LogP contribution in [0.2, 0.25) is 0 Å². The molecule has 0 bridgehead atoms. The van der Waals surface area contributed by atoms with Gasteiger partial charge in [0.05, 0.1) is 11.6 Å². The van der Waals surface area contributed by atoms with E-state index in [0.29, 0.717) is 40.5 Å². The Morgan fingerprint density at radius 2 is 0.515 bits per heavy atom. The van der Waals surface area contributed by atoms with Crippen molar-refractivity contribution in [2.24, 2.45) is 0 Å². The standard InChI is InChI=1S/C61H39N7/c62-40-41-34-36-42(37-35-41)50-28-12-15-33-55(50)61-67-58(45-22-8-3-9-23-45)66-60(68-61)49-27-17-25-47(39-49)52-30-11-14-32-54(52)53-31-13-10-29-51(53)46-24-16-26-48(38-46)59-64-56(43-18-4-1-5-19-43)63-57(65-59)44-20-6-2-7-21-44/h1-39H. The quantitative estimate of drug-likeness (QED) is 0.135. The Labute approximate surface area is 394 Å². The van der Waals surface area contributed by atoms with Gasteiger partial charge in [0.15, 0.2) is 34.9 Å². The fraction of sp³-hybridized carbons (Fsp3) is 0. The normalized spacial score (nSPS) is 10.9. The molecule has 0 atom stereocenters. The molecule has 0 unspecified atom stereocenters. The molecule has 2 heterocycles. The Balaban J connectivity index is 0.992. The lowest BCUT2D eigenvalue weighted by atomic mass is 9.88. The zero-order valence-corrected chi connectivity index (χ0v) is 36.6. The van der Waals surface area contributed by atoms with E-state index in [0.717, 1.165) is 77.9 Å². The van der Waals surface area contributed by atoms with E-state index >= 15 is 0 Å². The van der Waals surface area contributed by atoms with E-state index in [9.17, 15) is 5.26 Å². The maximum absolute atomic E-state index is 9.47. The van der Waals surface area contributed by atoms with Crippen LogP contribution < -0.4 is 0 Å². The van der Waals surface area contributed by atoms with Crippen LogP contribution in [0.3, 0.4) is 0 Å². The van der Waals surface area contributed by atoms with Crippen molar-refractivity contribution in [2.75, 3.05) is 0 Å². The molecule has 0 spiro atoms. The number of rotatable bonds is 10. The lowest BCUT2D eigenvalue weighted by Gasteiger charge is -2.16. The van der Waals surface area contributed by atoms with Crippen LogP contribution in [0.25, 0.3) is 113 Å². The summed E-state index contributed by atoms with van der Waals surface area (Å²) in [6.45, 7) is 0. The van der Waals surface area contributed by atoms with Crippen molar-refractivity contribution in [3.05, 3.63) is 242 Å². The molecule has 318 valence electrons. The van der Waals surface area contributed by atoms with Gasteiger partial charge in [0.25, 0.3) is 0 Å². The molecule has 0 aliphatic carbocycles. The predicted molar refractivity (Wildman–Crippen MR) is 272 cm³/mol. The zero-order chi connectivity index (χ0) is 45.7. The number of hydrogen-bond acceptors (Lipinski definition) is 7. The summed E-state index contributed by atoms with van der Waals surface area (Å²) in [5.74, 6) is 3.53. The number of nitrogens with zero attached hydrogens (tertiary/aromatic N) is 7. The fourth-order valence-corrected chi connectivity index (χ4v) is 8.52. The summed E-state index contributed by atoms with van der Waals surface area (Å²) in [6.07, 6.45) is 0. The van der Waals surface area contributed by atoms with Crippen LogP contribution in [0.5, 0.6) is 0 Å². The van der Waals surface area contributed by atoms with Gasteiger partial charge in [-0.25, -0.2) is 29.9 Å². The summed E-state index contributed by atoms with van der Waals surface area (Å²) >= 11 is 0. The van der Waals surface area contributed by atoms with E-state index in [-0.39, 0.29) is 0 Å². The third-order valence-electron chi connectivity index (χ3n) is 11.9. The maximum atomic E-state index is 9.47. The van der Waals surface area contributed by atoms with E-state index in [2.05, 4.69) is 109 Å². The first kappa shape index (κ1) is 41.2. The summed E-state index contributed by atoms with van der Waals surface area (Å²) in [6, 6.07) is 81.9. The first-order chi connectivity index (χ1) is 33.6. The van der Waals surface area contributed by atoms with E-state index in [1.165, 1.54) is 0 Å². The minimum Gasteiger partial charge on any atom is -0.208 e. The summed E-state index contributed by atoms with van der Waals surface area (Å²) in [4.78, 5) is 30.3. The van der Waals surface area contributed by atoms with Crippen LogP contribution >= 0.6 is 0 Å². The molecule has 0 N–H and O–H groups in total. The highest BCUT2D eigenvalue weighted by atomic mass is 15.0. The zero-order valence-electron chi connectivity index (χ0n) is 36.6. The molecule has 68 heavy (non-hydrogen) atoms. The van der Waals surface area contributed by atoms with Crippen molar-refractivity contribution >= 4 is 0 Å². The fourth-order valence-electron chi connectivity index (χ4n) is 8.52. The third kappa shape index (κ3) is 8.45. The van der Waals surface area contributed by atoms with Crippen molar-refractivity contribution in [3.8, 4) is 119 Å². The molecule has 0 aliphatic rings. The molecule has 0 aliphatic heterocycles. The Hall–Kier alpha value is -9.51. The van der Waals surface area contributed by atoms with Gasteiger partial charge in [-0.05, 0) is 68.8 Å². The molecule has 11 aromatic rings. The van der Waals surface area contributed by atoms with Crippen molar-refractivity contribution in [3.63, 3.8) is 0 Å². The smallest absolute Gasteiger partial charge is 0.164 e. The lowest BCUT2D eigenvalue weighted by molar-refractivity contribution is 1.07. The number of nitriles is 1. The van der Waals surface area contributed by atoms with Gasteiger partial charge in [-0.3, -0.25) is 0 Å². The second-order valence-corrected chi connectivity index (χ2v) is 16.2. The molecule has 7 nitrogen and oxygen atoms in total. The molecular weight excluding hydrogens is 831 g/mol. The van der Waals surface area contributed by atoms with Gasteiger partial charge in [-0.1, -0.05) is 212 Å². The highest BCUT2D eigenvalue weighted by Gasteiger charge is 2.19. The topological polar surface area (TPSA) is 101 Å². The molecule has 2 aromatic heterocycles. The number of benzene rings is 9. The SMILES string of the molecule is N#Cc1ccc(-c2ccccc2-c2nc(-c3ccccc3)nc(-c3cccc(-c4ccccc4-c4ccccc4-c4cccc(-c5nc(-c6ccccc6)nc(-c6ccccc6)n5)c4)c3)n2)cc1. The molecule has 11 rings (SSSR count). The van der Waals surface area contributed by atoms with Crippen molar-refractivity contribution < 1.29 is 0 Å². The van der Waals surface area contributed by atoms with Gasteiger partial charge in [-0.2, -0.15) is 5.26 Å². The number of aromatic nitrogens is 6. The number of hydrogen-bond donors (Lipinski definition) is 0. The van der Waals surface area contributed by atoms with Gasteiger partial charge in [-0.15, -0.1) is 0 Å². The first-order valence-corrected chi connectivity index (χ1v) is 22.3. The van der Waals surface area contributed by atoms with Crippen molar-refractivity contribution in [1.82, 2.24) is 29.9 Å². The highest BCUT2D eigenvalue weighted by Crippen LogP contribution is 2.40. The molecule has 0 amide bonds. The van der Waals surface area contributed by atoms with Crippen LogP contribution in [0.4, 0.5) is 0 Å². The average Bonchev–Trinajstić information content (AvgIpc) is 3.43. The van der Waals surface area contributed by atoms with Gasteiger partial charge in [0.1, 0.15) is 0 Å². The summed E-state index contributed by atoms with van der Waals surface area (Å²) in [5, 5.41) is 9.47. The molecule has 0 saturated carbocycles. The Morgan fingerprint density at radius 1 is 0.221 bits per heavy atom. The Bertz CT molecular complexity index is 3570. The highest BCUT2D eigenvalue weighted by molar-refractivity contribution is 5.93. The lowest BCUT2D eigenvalue weighted by Crippen LogP contribution is -2.01. The van der Waals surface area contributed by atoms with Gasteiger partial charge >= 0.3 is 0 Å². The molecule has 0 saturated heterocycles. The van der Waals surface area contributed by atoms with Crippen LogP contribution in [0, 0.1) is 11.3 Å². The summed E-state index contributed by atoms with van der Waals surface area (Å²) in [5.41, 5.74) is 14.3. The molecular formula is C61H39N7. The maximum Gasteiger partial charge on any atom is 0.164 e. The minimum absolute atomic E-state index is 0.556. The molecule has 7 heteroatoms. The first-order valence-electron chi connectivity index (χ1n) is 22.3. The van der Waals surface area contributed by atoms with Crippen molar-refractivity contribution in [2.45, 2.75) is 0 Å². The van der Waals surface area contributed by atoms with Crippen LogP contribution in [0.1, 0.15) is 5.56 Å². The van der Waals surface area contributed by atoms with Gasteiger partial charge in [0.2, 0.25) is 0 Å². The largest absolute Gasteiger partial charge is 0.208 e. The second-order valence-electron chi connectivity index (χ2n) is 16.2. The minimum atomic E-state index is 0.556. The average molecular weight is 870 g/mol. The molecule has 9 aromatic carbocycles. The predicted octanol–water partition coefficient (Wildman–Crippen LogP) is 14.6. The third-order valence-corrected chi connectivity index (χ3v) is 11.9. The molecule has 0 radical (unpaired) electrons. The Kier molecular flexibility index (Phi) is 11.2. The molecule has 0 fully saturated rings. The monoisotopic (exact) mass is 869 g/mol. The van der Waals surface area contributed by atoms with E-state index in [4.69, 9.17) is 29.9 Å². The van der Waals surface area contributed by atoms with Crippen LogP contribution in [0.15, 0.2) is 237 Å². The van der Waals surface area contributed by atoms with Crippen molar-refractivity contribution in [1.29, 1.82) is 5.26 Å². The van der Waals surface area contributed by atoms with Gasteiger partial charge < -0.3 is 0 Å². The van der Waals surface area contributed by atoms with E-state index in [1.54, 1.807) is 0 Å². The second kappa shape index (κ2) is 18.5. The summed E-state index contributed by atoms with van der Waals surface area (Å²) < 4.78 is 0. The van der Waals surface area contributed by atoms with Crippen LogP contribution in [-0.4, -0.2) is 29.9 Å². The van der Waals surface area contributed by atoms with E-state index < -0.39 is 0 Å². The Morgan fingerprint density at radius 3 is 0.912 bits per heavy atom. The van der Waals surface area contributed by atoms with Gasteiger partial charge in [0, 0.05) is 33.4 Å².